The lowest BCUT2D eigenvalue weighted by atomic mass is 10.1. The van der Waals surface area contributed by atoms with Gasteiger partial charge in [0.15, 0.2) is 0 Å². The molecule has 1 saturated heterocycles. The second kappa shape index (κ2) is 8.76. The highest BCUT2D eigenvalue weighted by Gasteiger charge is 2.37. The fourth-order valence-corrected chi connectivity index (χ4v) is 5.29. The van der Waals surface area contributed by atoms with Gasteiger partial charge in [-0.1, -0.05) is 19.1 Å². The Morgan fingerprint density at radius 1 is 1.09 bits per heavy atom. The van der Waals surface area contributed by atoms with Crippen LogP contribution in [0.4, 0.5) is 10.5 Å². The largest absolute Gasteiger partial charge is 0.335 e. The van der Waals surface area contributed by atoms with Gasteiger partial charge < -0.3 is 4.57 Å². The van der Waals surface area contributed by atoms with Crippen molar-refractivity contribution in [1.82, 2.24) is 9.88 Å². The molecule has 2 aromatic heterocycles. The van der Waals surface area contributed by atoms with Gasteiger partial charge in [-0.05, 0) is 75.1 Å². The zero-order valence-electron chi connectivity index (χ0n) is 19.6. The molecule has 4 amide bonds. The number of hydrogen-bond acceptors (Lipinski definition) is 5. The van der Waals surface area contributed by atoms with Crippen LogP contribution in [0.25, 0.3) is 11.1 Å². The molecule has 3 heterocycles. The highest BCUT2D eigenvalue weighted by atomic mass is 32.1. The van der Waals surface area contributed by atoms with Crippen molar-refractivity contribution in [3.63, 3.8) is 0 Å². The number of urea groups is 1. The molecule has 4 rings (SSSR count). The van der Waals surface area contributed by atoms with E-state index in [1.54, 1.807) is 12.1 Å². The molecule has 0 saturated carbocycles. The van der Waals surface area contributed by atoms with Crippen LogP contribution in [0, 0.1) is 39.0 Å². The van der Waals surface area contributed by atoms with Gasteiger partial charge in [0, 0.05) is 16.3 Å². The minimum atomic E-state index is -0.773. The summed E-state index contributed by atoms with van der Waals surface area (Å²) >= 11 is 1.53. The number of nitrogens with zero attached hydrogens (tertiary/aromatic N) is 3. The first-order valence-electron chi connectivity index (χ1n) is 10.9. The average Bonchev–Trinajstić information content (AvgIpc) is 3.24. The van der Waals surface area contributed by atoms with Crippen molar-refractivity contribution in [3.05, 3.63) is 74.4 Å². The van der Waals surface area contributed by atoms with E-state index in [2.05, 4.69) is 11.4 Å². The van der Waals surface area contributed by atoms with Crippen LogP contribution in [0.2, 0.25) is 0 Å². The van der Waals surface area contributed by atoms with Crippen molar-refractivity contribution < 1.29 is 14.4 Å². The molecule has 1 fully saturated rings. The summed E-state index contributed by atoms with van der Waals surface area (Å²) in [5.41, 5.74) is 5.23. The number of nitriles is 1. The van der Waals surface area contributed by atoms with Crippen LogP contribution in [0.5, 0.6) is 0 Å². The molecule has 0 unspecified atom stereocenters. The van der Waals surface area contributed by atoms with E-state index in [1.807, 2.05) is 57.4 Å². The maximum atomic E-state index is 13.3. The molecule has 1 aliphatic heterocycles. The molecule has 8 heteroatoms. The smallest absolute Gasteiger partial charge is 0.308 e. The number of barbiturate groups is 1. The van der Waals surface area contributed by atoms with Gasteiger partial charge in [0.25, 0.3) is 11.8 Å². The fourth-order valence-electron chi connectivity index (χ4n) is 4.07. The van der Waals surface area contributed by atoms with Gasteiger partial charge in [-0.2, -0.15) is 5.26 Å². The summed E-state index contributed by atoms with van der Waals surface area (Å²) < 4.78 is 1.97. The lowest BCUT2D eigenvalue weighted by molar-refractivity contribution is -0.122. The van der Waals surface area contributed by atoms with Crippen molar-refractivity contribution in [2.75, 3.05) is 4.90 Å². The topological polar surface area (TPSA) is 95.2 Å². The summed E-state index contributed by atoms with van der Waals surface area (Å²) in [7, 11) is 0. The number of carbonyl (C=O) groups excluding carboxylic acids is 3. The molecular weight excluding hydrogens is 448 g/mol. The maximum Gasteiger partial charge on any atom is 0.335 e. The molecule has 0 bridgehead atoms. The van der Waals surface area contributed by atoms with Gasteiger partial charge in [-0.15, -0.1) is 11.3 Å². The lowest BCUT2D eigenvalue weighted by Gasteiger charge is -2.26. The second-order valence-corrected chi connectivity index (χ2v) is 9.42. The monoisotopic (exact) mass is 472 g/mol. The lowest BCUT2D eigenvalue weighted by Crippen LogP contribution is -2.54. The van der Waals surface area contributed by atoms with E-state index >= 15 is 0 Å². The Kier molecular flexibility index (Phi) is 5.98. The first-order valence-corrected chi connectivity index (χ1v) is 11.7. The molecule has 172 valence electrons. The zero-order valence-corrected chi connectivity index (χ0v) is 20.5. The molecule has 0 spiro atoms. The van der Waals surface area contributed by atoms with E-state index in [0.29, 0.717) is 16.8 Å². The number of aryl methyl sites for hydroxylation is 3. The third-order valence-corrected chi connectivity index (χ3v) is 7.35. The highest BCUT2D eigenvalue weighted by Crippen LogP contribution is 2.34. The molecular formula is C26H24N4O3S. The number of carbonyl (C=O) groups is 3. The Bertz CT molecular complexity index is 1420. The van der Waals surface area contributed by atoms with Gasteiger partial charge in [0.05, 0.1) is 11.3 Å². The van der Waals surface area contributed by atoms with Gasteiger partial charge >= 0.3 is 6.03 Å². The summed E-state index contributed by atoms with van der Waals surface area (Å²) in [4.78, 5) is 40.4. The third-order valence-electron chi connectivity index (χ3n) is 6.16. The molecule has 3 aromatic rings. The normalized spacial score (nSPS) is 15.1. The van der Waals surface area contributed by atoms with E-state index in [1.165, 1.54) is 17.4 Å². The fraction of sp³-hybridized carbons (Fsp3) is 0.231. The first-order chi connectivity index (χ1) is 16.2. The van der Waals surface area contributed by atoms with Gasteiger partial charge in [-0.3, -0.25) is 14.9 Å². The minimum absolute atomic E-state index is 0.126. The molecule has 1 aliphatic rings. The second-order valence-electron chi connectivity index (χ2n) is 8.21. The van der Waals surface area contributed by atoms with Crippen molar-refractivity contribution in [3.8, 4) is 11.1 Å². The summed E-state index contributed by atoms with van der Waals surface area (Å²) in [6.45, 7) is 9.71. The molecule has 1 aromatic carbocycles. The van der Waals surface area contributed by atoms with E-state index in [0.717, 1.165) is 43.7 Å². The Balaban J connectivity index is 1.78. The molecule has 0 atom stereocenters. The van der Waals surface area contributed by atoms with Gasteiger partial charge in [0.1, 0.15) is 16.6 Å². The molecule has 1 N–H and O–H groups in total. The minimum Gasteiger partial charge on any atom is -0.308 e. The first kappa shape index (κ1) is 23.2. The Morgan fingerprint density at radius 2 is 1.76 bits per heavy atom. The Labute approximate surface area is 201 Å². The standard InChI is InChI=1S/C26H24N4O3S/c1-6-18-7-9-20(10-8-18)30-24(32)21(23(31)28-26(30)33)12-19-11-14(2)29(16(19)4)25-22(13-27)15(3)17(5)34-25/h7-12H,6H2,1-5H3,(H,28,31,33). The highest BCUT2D eigenvalue weighted by molar-refractivity contribution is 7.14. The summed E-state index contributed by atoms with van der Waals surface area (Å²) in [6.07, 6.45) is 2.34. The summed E-state index contributed by atoms with van der Waals surface area (Å²) in [6, 6.07) is 10.5. The van der Waals surface area contributed by atoms with Crippen molar-refractivity contribution in [2.45, 2.75) is 41.0 Å². The maximum absolute atomic E-state index is 13.3. The number of nitrogens with one attached hydrogen (secondary N) is 1. The molecule has 7 nitrogen and oxygen atoms in total. The van der Waals surface area contributed by atoms with E-state index < -0.39 is 17.8 Å². The Hall–Kier alpha value is -3.96. The summed E-state index contributed by atoms with van der Waals surface area (Å²) in [5.74, 6) is -1.41. The van der Waals surface area contributed by atoms with Crippen LogP contribution in [0.1, 0.15) is 45.4 Å². The van der Waals surface area contributed by atoms with Gasteiger partial charge in [-0.25, -0.2) is 9.69 Å². The molecule has 34 heavy (non-hydrogen) atoms. The predicted octanol–water partition coefficient (Wildman–Crippen LogP) is 4.87. The summed E-state index contributed by atoms with van der Waals surface area (Å²) in [5, 5.41) is 12.8. The Morgan fingerprint density at radius 3 is 2.38 bits per heavy atom. The van der Waals surface area contributed by atoms with E-state index in [9.17, 15) is 19.6 Å². The van der Waals surface area contributed by atoms with Crippen LogP contribution in [-0.4, -0.2) is 22.4 Å². The quantitative estimate of drug-likeness (QED) is 0.433. The van der Waals surface area contributed by atoms with Crippen LogP contribution in [-0.2, 0) is 16.0 Å². The SMILES string of the molecule is CCc1ccc(N2C(=O)NC(=O)C(=Cc3cc(C)n(-c4sc(C)c(C)c4C#N)c3C)C2=O)cc1. The molecule has 0 aliphatic carbocycles. The molecule has 0 radical (unpaired) electrons. The number of amides is 4. The number of thiophene rings is 1. The number of imide groups is 2. The van der Waals surface area contributed by atoms with Crippen LogP contribution < -0.4 is 10.2 Å². The van der Waals surface area contributed by atoms with E-state index in [-0.39, 0.29) is 5.57 Å². The van der Waals surface area contributed by atoms with E-state index in [4.69, 9.17) is 0 Å². The number of rotatable bonds is 4. The van der Waals surface area contributed by atoms with Crippen molar-refractivity contribution >= 4 is 40.9 Å². The van der Waals surface area contributed by atoms with Gasteiger partial charge in [0.2, 0.25) is 0 Å². The third kappa shape index (κ3) is 3.74. The average molecular weight is 473 g/mol. The van der Waals surface area contributed by atoms with Crippen LogP contribution in [0.3, 0.4) is 0 Å². The zero-order chi connectivity index (χ0) is 24.7. The number of aromatic nitrogens is 1. The van der Waals surface area contributed by atoms with Crippen molar-refractivity contribution in [2.24, 2.45) is 0 Å². The van der Waals surface area contributed by atoms with Crippen molar-refractivity contribution in [1.29, 1.82) is 5.26 Å². The number of anilines is 1. The van der Waals surface area contributed by atoms with Crippen LogP contribution >= 0.6 is 11.3 Å². The predicted molar refractivity (Wildman–Crippen MR) is 132 cm³/mol. The number of benzene rings is 1. The van der Waals surface area contributed by atoms with Crippen LogP contribution in [0.15, 0.2) is 35.9 Å². The number of hydrogen-bond donors (Lipinski definition) is 1.